The van der Waals surface area contributed by atoms with Gasteiger partial charge in [0.25, 0.3) is 0 Å². The summed E-state index contributed by atoms with van der Waals surface area (Å²) in [7, 11) is 0. The van der Waals surface area contributed by atoms with Gasteiger partial charge in [-0.25, -0.2) is 0 Å². The first-order valence-corrected chi connectivity index (χ1v) is 5.89. The normalized spacial score (nSPS) is 19.8. The van der Waals surface area contributed by atoms with Crippen LogP contribution in [0.15, 0.2) is 21.2 Å². The maximum absolute atomic E-state index is 9.53. The molecule has 1 unspecified atom stereocenters. The molecule has 5 nitrogen and oxygen atoms in total. The first-order chi connectivity index (χ1) is 7.74. The van der Waals surface area contributed by atoms with E-state index in [0.29, 0.717) is 16.9 Å². The molecule has 2 aromatic rings. The summed E-state index contributed by atoms with van der Waals surface area (Å²) in [6.45, 7) is 0.733. The summed E-state index contributed by atoms with van der Waals surface area (Å²) < 4.78 is 8.13. The number of hydrogen-bond acceptors (Lipinski definition) is 4. The third kappa shape index (κ3) is 1.58. The van der Waals surface area contributed by atoms with Gasteiger partial charge in [0, 0.05) is 13.0 Å². The zero-order valence-electron chi connectivity index (χ0n) is 8.43. The summed E-state index contributed by atoms with van der Waals surface area (Å²) in [4.78, 5) is 0. The van der Waals surface area contributed by atoms with Crippen LogP contribution >= 0.6 is 15.9 Å². The van der Waals surface area contributed by atoms with Crippen LogP contribution in [-0.2, 0) is 13.0 Å². The molecule has 16 heavy (non-hydrogen) atoms. The quantitative estimate of drug-likeness (QED) is 0.864. The Morgan fingerprint density at radius 3 is 3.06 bits per heavy atom. The molecule has 0 aliphatic carbocycles. The Morgan fingerprint density at radius 1 is 1.44 bits per heavy atom. The minimum absolute atomic E-state index is 0.298. The van der Waals surface area contributed by atoms with E-state index in [-0.39, 0.29) is 6.10 Å². The fourth-order valence-corrected chi connectivity index (χ4v) is 2.24. The molecule has 0 radical (unpaired) electrons. The zero-order valence-corrected chi connectivity index (χ0v) is 10.0. The lowest BCUT2D eigenvalue weighted by molar-refractivity contribution is 0.142. The van der Waals surface area contributed by atoms with Gasteiger partial charge in [0.2, 0.25) is 0 Å². The van der Waals surface area contributed by atoms with Crippen molar-refractivity contribution in [1.82, 2.24) is 14.8 Å². The van der Waals surface area contributed by atoms with Crippen LogP contribution in [0.2, 0.25) is 0 Å². The Hall–Kier alpha value is -1.14. The smallest absolute Gasteiger partial charge is 0.199 e. The van der Waals surface area contributed by atoms with Crippen molar-refractivity contribution in [2.45, 2.75) is 25.5 Å². The number of fused-ring (bicyclic) bond motifs is 1. The molecule has 1 aliphatic heterocycles. The second-order valence-corrected chi connectivity index (χ2v) is 4.62. The molecule has 3 heterocycles. The number of aliphatic hydroxyl groups excluding tert-OH is 1. The first kappa shape index (κ1) is 10.0. The molecule has 2 aromatic heterocycles. The number of rotatable bonds is 1. The average Bonchev–Trinajstić information content (AvgIpc) is 2.83. The first-order valence-electron chi connectivity index (χ1n) is 5.10. The van der Waals surface area contributed by atoms with E-state index in [2.05, 4.69) is 26.1 Å². The predicted molar refractivity (Wildman–Crippen MR) is 59.8 cm³/mol. The molecule has 1 N–H and O–H groups in total. The third-order valence-corrected chi connectivity index (χ3v) is 3.15. The van der Waals surface area contributed by atoms with Gasteiger partial charge >= 0.3 is 0 Å². The summed E-state index contributed by atoms with van der Waals surface area (Å²) >= 11 is 3.26. The van der Waals surface area contributed by atoms with Crippen molar-refractivity contribution in [3.05, 3.63) is 22.6 Å². The van der Waals surface area contributed by atoms with Crippen LogP contribution < -0.4 is 0 Å². The Bertz CT molecular complexity index is 520. The molecule has 0 saturated carbocycles. The third-order valence-electron chi connectivity index (χ3n) is 2.73. The molecule has 6 heteroatoms. The number of aliphatic hydroxyl groups is 1. The number of hydrogen-bond donors (Lipinski definition) is 1. The van der Waals surface area contributed by atoms with Crippen LogP contribution in [-0.4, -0.2) is 26.0 Å². The molecule has 0 aromatic carbocycles. The molecule has 0 fully saturated rings. The summed E-state index contributed by atoms with van der Waals surface area (Å²) in [6.07, 6.45) is 1.00. The molecule has 0 bridgehead atoms. The number of furan rings is 1. The van der Waals surface area contributed by atoms with Crippen molar-refractivity contribution in [3.63, 3.8) is 0 Å². The van der Waals surface area contributed by atoms with E-state index in [1.807, 2.05) is 16.7 Å². The van der Waals surface area contributed by atoms with E-state index < -0.39 is 0 Å². The molecule has 84 valence electrons. The molecule has 1 aliphatic rings. The van der Waals surface area contributed by atoms with Crippen LogP contribution in [0.25, 0.3) is 11.6 Å². The van der Waals surface area contributed by atoms with Gasteiger partial charge in [-0.2, -0.15) is 0 Å². The minimum atomic E-state index is -0.298. The van der Waals surface area contributed by atoms with Gasteiger partial charge in [0.1, 0.15) is 5.82 Å². The number of aromatic nitrogens is 3. The molecular formula is C10H10BrN3O2. The summed E-state index contributed by atoms with van der Waals surface area (Å²) in [5, 5.41) is 17.7. The van der Waals surface area contributed by atoms with Crippen molar-refractivity contribution >= 4 is 15.9 Å². The van der Waals surface area contributed by atoms with Gasteiger partial charge in [-0.05, 0) is 34.5 Å². The van der Waals surface area contributed by atoms with Crippen molar-refractivity contribution < 1.29 is 9.52 Å². The van der Waals surface area contributed by atoms with Gasteiger partial charge < -0.3 is 14.1 Å². The van der Waals surface area contributed by atoms with E-state index in [4.69, 9.17) is 4.42 Å². The van der Waals surface area contributed by atoms with E-state index in [9.17, 15) is 5.11 Å². The van der Waals surface area contributed by atoms with E-state index >= 15 is 0 Å². The van der Waals surface area contributed by atoms with Crippen molar-refractivity contribution in [1.29, 1.82) is 0 Å². The average molecular weight is 284 g/mol. The fraction of sp³-hybridized carbons (Fsp3) is 0.400. The van der Waals surface area contributed by atoms with E-state index in [0.717, 1.165) is 24.6 Å². The molecule has 1 atom stereocenters. The van der Waals surface area contributed by atoms with Gasteiger partial charge in [0.05, 0.1) is 6.10 Å². The Kier molecular flexibility index (Phi) is 2.33. The van der Waals surface area contributed by atoms with Crippen LogP contribution in [0.4, 0.5) is 0 Å². The van der Waals surface area contributed by atoms with Crippen LogP contribution in [0, 0.1) is 0 Å². The van der Waals surface area contributed by atoms with Crippen LogP contribution in [0.3, 0.4) is 0 Å². The zero-order chi connectivity index (χ0) is 11.1. The molecule has 3 rings (SSSR count). The van der Waals surface area contributed by atoms with Gasteiger partial charge in [-0.15, -0.1) is 10.2 Å². The van der Waals surface area contributed by atoms with E-state index in [1.54, 1.807) is 0 Å². The number of nitrogens with zero attached hydrogens (tertiary/aromatic N) is 3. The minimum Gasteiger partial charge on any atom is -0.446 e. The fourth-order valence-electron chi connectivity index (χ4n) is 1.93. The highest BCUT2D eigenvalue weighted by molar-refractivity contribution is 9.10. The van der Waals surface area contributed by atoms with Gasteiger partial charge in [0.15, 0.2) is 16.3 Å². The topological polar surface area (TPSA) is 64.1 Å². The lowest BCUT2D eigenvalue weighted by Gasteiger charge is -2.18. The Labute approximate surface area is 100 Å². The SMILES string of the molecule is OC1CCn2c(nnc2-c2ccc(Br)o2)C1. The van der Waals surface area contributed by atoms with E-state index in [1.165, 1.54) is 0 Å². The summed E-state index contributed by atoms with van der Waals surface area (Å²) in [6, 6.07) is 3.68. The second-order valence-electron chi connectivity index (χ2n) is 3.84. The highest BCUT2D eigenvalue weighted by Crippen LogP contribution is 2.26. The summed E-state index contributed by atoms with van der Waals surface area (Å²) in [5.41, 5.74) is 0. The van der Waals surface area contributed by atoms with Crippen LogP contribution in [0.1, 0.15) is 12.2 Å². The Balaban J connectivity index is 2.03. The van der Waals surface area contributed by atoms with Gasteiger partial charge in [-0.1, -0.05) is 0 Å². The van der Waals surface area contributed by atoms with Crippen molar-refractivity contribution in [2.75, 3.05) is 0 Å². The highest BCUT2D eigenvalue weighted by atomic mass is 79.9. The van der Waals surface area contributed by atoms with Gasteiger partial charge in [-0.3, -0.25) is 0 Å². The molecule has 0 amide bonds. The second kappa shape index (κ2) is 3.71. The maximum atomic E-state index is 9.53. The molecule has 0 saturated heterocycles. The monoisotopic (exact) mass is 283 g/mol. The lowest BCUT2D eigenvalue weighted by Crippen LogP contribution is -2.23. The Morgan fingerprint density at radius 2 is 2.31 bits per heavy atom. The standard InChI is InChI=1S/C10H10BrN3O2/c11-8-2-1-7(16-8)10-13-12-9-5-6(15)3-4-14(9)10/h1-2,6,15H,3-5H2. The van der Waals surface area contributed by atoms with Crippen molar-refractivity contribution in [2.24, 2.45) is 0 Å². The highest BCUT2D eigenvalue weighted by Gasteiger charge is 2.23. The number of halogens is 1. The predicted octanol–water partition coefficient (Wildman–Crippen LogP) is 1.61. The molecule has 0 spiro atoms. The van der Waals surface area contributed by atoms with Crippen LogP contribution in [0.5, 0.6) is 0 Å². The summed E-state index contributed by atoms with van der Waals surface area (Å²) in [5.74, 6) is 2.25. The van der Waals surface area contributed by atoms with Crippen molar-refractivity contribution in [3.8, 4) is 11.6 Å². The maximum Gasteiger partial charge on any atom is 0.199 e. The lowest BCUT2D eigenvalue weighted by atomic mass is 10.1. The largest absolute Gasteiger partial charge is 0.446 e. The molecular weight excluding hydrogens is 274 g/mol.